The lowest BCUT2D eigenvalue weighted by molar-refractivity contribution is 0.0742. The molecule has 0 aliphatic carbocycles. The van der Waals surface area contributed by atoms with Gasteiger partial charge >= 0.3 is 0 Å². The molecule has 0 saturated carbocycles. The monoisotopic (exact) mass is 473 g/mol. The summed E-state index contributed by atoms with van der Waals surface area (Å²) in [6.45, 7) is 7.04. The van der Waals surface area contributed by atoms with Gasteiger partial charge < -0.3 is 9.64 Å². The van der Waals surface area contributed by atoms with E-state index in [1.807, 2.05) is 78.0 Å². The molecule has 1 heterocycles. The molecular formula is C28H28ClN3O2. The second-order valence-electron chi connectivity index (χ2n) is 8.27. The van der Waals surface area contributed by atoms with Crippen molar-refractivity contribution in [3.8, 4) is 17.3 Å². The lowest BCUT2D eigenvalue weighted by Crippen LogP contribution is -2.31. The fraction of sp³-hybridized carbons (Fsp3) is 0.214. The van der Waals surface area contributed by atoms with E-state index >= 15 is 0 Å². The first-order valence-electron chi connectivity index (χ1n) is 11.4. The van der Waals surface area contributed by atoms with E-state index in [2.05, 4.69) is 6.92 Å². The quantitative estimate of drug-likeness (QED) is 0.277. The Bertz CT molecular complexity index is 1270. The summed E-state index contributed by atoms with van der Waals surface area (Å²) in [6.07, 6.45) is 0.833. The summed E-state index contributed by atoms with van der Waals surface area (Å²) in [5, 5.41) is 5.40. The minimum Gasteiger partial charge on any atom is -0.439 e. The van der Waals surface area contributed by atoms with Gasteiger partial charge in [0.25, 0.3) is 5.91 Å². The fourth-order valence-corrected chi connectivity index (χ4v) is 3.97. The zero-order valence-electron chi connectivity index (χ0n) is 19.7. The van der Waals surface area contributed by atoms with Gasteiger partial charge in [-0.25, -0.2) is 4.68 Å². The number of ether oxygens (including phenoxy) is 1. The van der Waals surface area contributed by atoms with E-state index < -0.39 is 0 Å². The smallest absolute Gasteiger partial charge is 0.254 e. The molecule has 0 aliphatic rings. The molecule has 0 fully saturated rings. The maximum absolute atomic E-state index is 13.4. The number of halogens is 1. The molecule has 0 bridgehead atoms. The second kappa shape index (κ2) is 10.6. The number of nitrogens with zero attached hydrogens (tertiary/aromatic N) is 3. The molecule has 4 aromatic rings. The number of aromatic nitrogens is 2. The van der Waals surface area contributed by atoms with Crippen molar-refractivity contribution in [1.29, 1.82) is 0 Å². The van der Waals surface area contributed by atoms with E-state index in [4.69, 9.17) is 21.4 Å². The molecular weight excluding hydrogens is 446 g/mol. The number of amides is 1. The molecule has 0 aliphatic heterocycles. The third kappa shape index (κ3) is 5.32. The van der Waals surface area contributed by atoms with Crippen molar-refractivity contribution in [1.82, 2.24) is 14.7 Å². The average Bonchev–Trinajstić information content (AvgIpc) is 3.14. The van der Waals surface area contributed by atoms with Crippen LogP contribution in [0.3, 0.4) is 0 Å². The Balaban J connectivity index is 1.75. The number of hydrogen-bond donors (Lipinski definition) is 0. The van der Waals surface area contributed by atoms with Crippen LogP contribution in [0.4, 0.5) is 0 Å². The summed E-state index contributed by atoms with van der Waals surface area (Å²) in [6, 6.07) is 24.8. The molecule has 0 atom stereocenters. The molecule has 3 aromatic carbocycles. The van der Waals surface area contributed by atoms with Crippen LogP contribution < -0.4 is 4.74 Å². The molecule has 1 aromatic heterocycles. The highest BCUT2D eigenvalue weighted by Crippen LogP contribution is 2.32. The van der Waals surface area contributed by atoms with Crippen molar-refractivity contribution in [2.24, 2.45) is 0 Å². The Morgan fingerprint density at radius 3 is 2.41 bits per heavy atom. The molecule has 5 nitrogen and oxygen atoms in total. The van der Waals surface area contributed by atoms with Gasteiger partial charge in [-0.1, -0.05) is 48.9 Å². The number of carbonyl (C=O) groups is 1. The Morgan fingerprint density at radius 1 is 1.00 bits per heavy atom. The highest BCUT2D eigenvalue weighted by atomic mass is 35.5. The number of para-hydroxylation sites is 1. The van der Waals surface area contributed by atoms with Crippen molar-refractivity contribution in [2.45, 2.75) is 33.7 Å². The van der Waals surface area contributed by atoms with Crippen LogP contribution in [-0.4, -0.2) is 27.1 Å². The lowest BCUT2D eigenvalue weighted by Gasteiger charge is -2.23. The van der Waals surface area contributed by atoms with Gasteiger partial charge in [-0.15, -0.1) is 0 Å². The highest BCUT2D eigenvalue weighted by molar-refractivity contribution is 6.30. The van der Waals surface area contributed by atoms with Crippen LogP contribution in [0.15, 0.2) is 78.9 Å². The Hall–Kier alpha value is -3.57. The number of hydrogen-bond acceptors (Lipinski definition) is 3. The third-order valence-corrected chi connectivity index (χ3v) is 5.81. The maximum atomic E-state index is 13.4. The zero-order valence-corrected chi connectivity index (χ0v) is 20.4. The van der Waals surface area contributed by atoms with Crippen LogP contribution in [0.25, 0.3) is 5.69 Å². The molecule has 34 heavy (non-hydrogen) atoms. The lowest BCUT2D eigenvalue weighted by atomic mass is 10.1. The van der Waals surface area contributed by atoms with Gasteiger partial charge in [0.1, 0.15) is 5.75 Å². The molecule has 0 radical (unpaired) electrons. The number of rotatable bonds is 8. The van der Waals surface area contributed by atoms with Crippen LogP contribution in [0.5, 0.6) is 11.6 Å². The third-order valence-electron chi connectivity index (χ3n) is 5.56. The predicted octanol–water partition coefficient (Wildman–Crippen LogP) is 6.99. The normalized spacial score (nSPS) is 10.8. The topological polar surface area (TPSA) is 47.4 Å². The van der Waals surface area contributed by atoms with E-state index in [-0.39, 0.29) is 5.91 Å². The average molecular weight is 474 g/mol. The molecule has 0 N–H and O–H groups in total. The number of benzene rings is 3. The van der Waals surface area contributed by atoms with Gasteiger partial charge in [-0.3, -0.25) is 4.79 Å². The van der Waals surface area contributed by atoms with Gasteiger partial charge in [0.2, 0.25) is 5.88 Å². The van der Waals surface area contributed by atoms with Crippen molar-refractivity contribution in [3.63, 3.8) is 0 Å². The van der Waals surface area contributed by atoms with Gasteiger partial charge in [-0.2, -0.15) is 5.10 Å². The molecule has 0 unspecified atom stereocenters. The fourth-order valence-electron chi connectivity index (χ4n) is 3.85. The molecule has 1 amide bonds. The first kappa shape index (κ1) is 23.6. The summed E-state index contributed by atoms with van der Waals surface area (Å²) in [7, 11) is 0. The van der Waals surface area contributed by atoms with Crippen LogP contribution in [0, 0.1) is 13.8 Å². The molecule has 174 valence electrons. The van der Waals surface area contributed by atoms with Crippen LogP contribution in [-0.2, 0) is 6.54 Å². The summed E-state index contributed by atoms with van der Waals surface area (Å²) < 4.78 is 8.23. The van der Waals surface area contributed by atoms with Crippen molar-refractivity contribution in [2.75, 3.05) is 6.54 Å². The van der Waals surface area contributed by atoms with Crippen LogP contribution in [0.1, 0.15) is 40.5 Å². The van der Waals surface area contributed by atoms with Gasteiger partial charge in [0, 0.05) is 17.1 Å². The maximum Gasteiger partial charge on any atom is 0.254 e. The Morgan fingerprint density at radius 2 is 1.74 bits per heavy atom. The van der Waals surface area contributed by atoms with Crippen molar-refractivity contribution < 1.29 is 9.53 Å². The van der Waals surface area contributed by atoms with Crippen molar-refractivity contribution >= 4 is 17.5 Å². The van der Waals surface area contributed by atoms with E-state index in [1.165, 1.54) is 0 Å². The number of aryl methyl sites for hydroxylation is 2. The van der Waals surface area contributed by atoms with E-state index in [0.717, 1.165) is 34.7 Å². The molecule has 0 saturated heterocycles. The van der Waals surface area contributed by atoms with Gasteiger partial charge in [-0.05, 0) is 74.4 Å². The largest absolute Gasteiger partial charge is 0.439 e. The summed E-state index contributed by atoms with van der Waals surface area (Å²) in [5.41, 5.74) is 4.29. The minimum atomic E-state index is -0.0492. The van der Waals surface area contributed by atoms with E-state index in [0.29, 0.717) is 29.6 Å². The minimum absolute atomic E-state index is 0.0492. The molecule has 0 spiro atoms. The van der Waals surface area contributed by atoms with Crippen molar-refractivity contribution in [3.05, 3.63) is 106 Å². The predicted molar refractivity (Wildman–Crippen MR) is 136 cm³/mol. The van der Waals surface area contributed by atoms with E-state index in [1.54, 1.807) is 24.3 Å². The van der Waals surface area contributed by atoms with Gasteiger partial charge in [0.15, 0.2) is 0 Å². The van der Waals surface area contributed by atoms with Crippen LogP contribution >= 0.6 is 11.6 Å². The first-order chi connectivity index (χ1) is 16.5. The Kier molecular flexibility index (Phi) is 7.33. The van der Waals surface area contributed by atoms with Gasteiger partial charge in [0.05, 0.1) is 23.5 Å². The number of carbonyl (C=O) groups excluding carboxylic acids is 1. The Labute approximate surface area is 205 Å². The second-order valence-corrected chi connectivity index (χ2v) is 8.71. The summed E-state index contributed by atoms with van der Waals surface area (Å²) in [5.74, 6) is 1.29. The molecule has 6 heteroatoms. The highest BCUT2D eigenvalue weighted by Gasteiger charge is 2.24. The van der Waals surface area contributed by atoms with Crippen LogP contribution in [0.2, 0.25) is 5.02 Å². The standard InChI is InChI=1S/C28H28ClN3O2/c1-4-17-31(27(33)22-13-15-23(29)16-14-22)19-26-21(3)30-32(24-10-6-5-7-11-24)28(26)34-25-12-8-9-20(2)18-25/h5-16,18H,4,17,19H2,1-3H3. The first-order valence-corrected chi connectivity index (χ1v) is 11.8. The SMILES string of the molecule is CCCN(Cc1c(C)nn(-c2ccccc2)c1Oc1cccc(C)c1)C(=O)c1ccc(Cl)cc1. The van der Waals surface area contributed by atoms with E-state index in [9.17, 15) is 4.79 Å². The molecule has 4 rings (SSSR count). The summed E-state index contributed by atoms with van der Waals surface area (Å²) in [4.78, 5) is 15.2. The zero-order chi connectivity index (χ0) is 24.1. The summed E-state index contributed by atoms with van der Waals surface area (Å²) >= 11 is 6.03.